The first kappa shape index (κ1) is 12.6. The molecule has 3 N–H and O–H groups in total. The predicted octanol–water partition coefficient (Wildman–Crippen LogP) is 0.626. The summed E-state index contributed by atoms with van der Waals surface area (Å²) in [4.78, 5) is 0. The Kier molecular flexibility index (Phi) is 4.38. The summed E-state index contributed by atoms with van der Waals surface area (Å²) in [5.41, 5.74) is 0.295. The monoisotopic (exact) mass is 225 g/mol. The highest BCUT2D eigenvalue weighted by Gasteiger charge is 2.19. The number of halogens is 1. The van der Waals surface area contributed by atoms with Crippen molar-refractivity contribution in [3.63, 3.8) is 0 Å². The second-order valence-corrected chi connectivity index (χ2v) is 3.38. The van der Waals surface area contributed by atoms with E-state index in [1.54, 1.807) is 6.07 Å². The SMILES string of the molecule is N#CCC(O)C(O)c1ccc(CO)c(F)c1. The molecule has 0 aliphatic heterocycles. The van der Waals surface area contributed by atoms with Gasteiger partial charge in [0.2, 0.25) is 0 Å². The van der Waals surface area contributed by atoms with Crippen molar-refractivity contribution in [2.24, 2.45) is 0 Å². The number of rotatable bonds is 4. The van der Waals surface area contributed by atoms with Gasteiger partial charge in [0.25, 0.3) is 0 Å². The second kappa shape index (κ2) is 5.56. The van der Waals surface area contributed by atoms with E-state index < -0.39 is 24.6 Å². The van der Waals surface area contributed by atoms with Gasteiger partial charge in [0.1, 0.15) is 11.9 Å². The molecule has 2 unspecified atom stereocenters. The molecule has 0 saturated carbocycles. The first-order chi connectivity index (χ1) is 7.60. The van der Waals surface area contributed by atoms with Crippen molar-refractivity contribution < 1.29 is 19.7 Å². The largest absolute Gasteiger partial charge is 0.392 e. The quantitative estimate of drug-likeness (QED) is 0.701. The normalized spacial score (nSPS) is 14.2. The fraction of sp³-hybridized carbons (Fsp3) is 0.364. The van der Waals surface area contributed by atoms with Gasteiger partial charge < -0.3 is 15.3 Å². The summed E-state index contributed by atoms with van der Waals surface area (Å²) < 4.78 is 13.2. The van der Waals surface area contributed by atoms with Crippen LogP contribution < -0.4 is 0 Å². The molecule has 0 aromatic heterocycles. The minimum absolute atomic E-state index is 0.116. The molecule has 5 heteroatoms. The van der Waals surface area contributed by atoms with Gasteiger partial charge in [0.15, 0.2) is 0 Å². The summed E-state index contributed by atoms with van der Waals surface area (Å²) in [6, 6.07) is 5.48. The van der Waals surface area contributed by atoms with E-state index in [4.69, 9.17) is 10.4 Å². The van der Waals surface area contributed by atoms with E-state index in [2.05, 4.69) is 0 Å². The van der Waals surface area contributed by atoms with Gasteiger partial charge in [0.05, 0.1) is 25.2 Å². The summed E-state index contributed by atoms with van der Waals surface area (Å²) in [6.45, 7) is -0.428. The van der Waals surface area contributed by atoms with Gasteiger partial charge >= 0.3 is 0 Å². The van der Waals surface area contributed by atoms with E-state index >= 15 is 0 Å². The van der Waals surface area contributed by atoms with Crippen LogP contribution in [0.2, 0.25) is 0 Å². The molecule has 2 atom stereocenters. The zero-order valence-corrected chi connectivity index (χ0v) is 8.47. The van der Waals surface area contributed by atoms with Gasteiger partial charge in [-0.2, -0.15) is 5.26 Å². The van der Waals surface area contributed by atoms with Crippen molar-refractivity contribution in [2.45, 2.75) is 25.2 Å². The average Bonchev–Trinajstić information content (AvgIpc) is 2.28. The average molecular weight is 225 g/mol. The van der Waals surface area contributed by atoms with Crippen LogP contribution >= 0.6 is 0 Å². The van der Waals surface area contributed by atoms with Crippen LogP contribution in [-0.4, -0.2) is 21.4 Å². The van der Waals surface area contributed by atoms with E-state index in [0.717, 1.165) is 6.07 Å². The van der Waals surface area contributed by atoms with Gasteiger partial charge in [0, 0.05) is 5.56 Å². The number of aliphatic hydroxyl groups is 3. The van der Waals surface area contributed by atoms with Crippen molar-refractivity contribution >= 4 is 0 Å². The Morgan fingerprint density at radius 3 is 2.56 bits per heavy atom. The molecule has 16 heavy (non-hydrogen) atoms. The van der Waals surface area contributed by atoms with E-state index in [-0.39, 0.29) is 17.5 Å². The van der Waals surface area contributed by atoms with Gasteiger partial charge in [-0.3, -0.25) is 0 Å². The van der Waals surface area contributed by atoms with Crippen LogP contribution in [0.25, 0.3) is 0 Å². The standard InChI is InChI=1S/C11H12FNO3/c12-9-5-7(1-2-8(9)6-14)11(16)10(15)3-4-13/h1-2,5,10-11,14-16H,3,6H2. The van der Waals surface area contributed by atoms with Crippen LogP contribution in [-0.2, 0) is 6.61 Å². The number of nitrogens with zero attached hydrogens (tertiary/aromatic N) is 1. The summed E-state index contributed by atoms with van der Waals surface area (Å²) >= 11 is 0. The molecule has 0 saturated heterocycles. The molecule has 0 spiro atoms. The van der Waals surface area contributed by atoms with E-state index in [1.165, 1.54) is 12.1 Å². The number of hydrogen-bond donors (Lipinski definition) is 3. The van der Waals surface area contributed by atoms with Crippen molar-refractivity contribution in [3.05, 3.63) is 35.1 Å². The van der Waals surface area contributed by atoms with Crippen LogP contribution in [0.4, 0.5) is 4.39 Å². The van der Waals surface area contributed by atoms with Gasteiger partial charge in [-0.25, -0.2) is 4.39 Å². The third-order valence-electron chi connectivity index (χ3n) is 2.25. The molecule has 0 radical (unpaired) electrons. The molecule has 1 aromatic rings. The number of hydrogen-bond acceptors (Lipinski definition) is 4. The molecule has 0 aliphatic carbocycles. The van der Waals surface area contributed by atoms with E-state index in [1.807, 2.05) is 0 Å². The molecular formula is C11H12FNO3. The van der Waals surface area contributed by atoms with Gasteiger partial charge in [-0.05, 0) is 11.6 Å². The van der Waals surface area contributed by atoms with E-state index in [9.17, 15) is 14.6 Å². The lowest BCUT2D eigenvalue weighted by Crippen LogP contribution is -2.17. The summed E-state index contributed by atoms with van der Waals surface area (Å²) in [5, 5.41) is 36.0. The third-order valence-corrected chi connectivity index (χ3v) is 2.25. The first-order valence-electron chi connectivity index (χ1n) is 4.72. The van der Waals surface area contributed by atoms with Crippen LogP contribution in [0.5, 0.6) is 0 Å². The Bertz CT molecular complexity index is 403. The molecule has 1 aromatic carbocycles. The predicted molar refractivity (Wildman–Crippen MR) is 53.5 cm³/mol. The Hall–Kier alpha value is -1.48. The molecule has 0 heterocycles. The minimum Gasteiger partial charge on any atom is -0.392 e. The summed E-state index contributed by atoms with van der Waals surface area (Å²) in [7, 11) is 0. The first-order valence-corrected chi connectivity index (χ1v) is 4.72. The zero-order chi connectivity index (χ0) is 12.1. The lowest BCUT2D eigenvalue weighted by molar-refractivity contribution is 0.0214. The Balaban J connectivity index is 2.89. The van der Waals surface area contributed by atoms with Crippen LogP contribution in [0.15, 0.2) is 18.2 Å². The number of nitriles is 1. The minimum atomic E-state index is -1.30. The maximum absolute atomic E-state index is 13.2. The molecule has 0 aliphatic rings. The molecular weight excluding hydrogens is 213 g/mol. The lowest BCUT2D eigenvalue weighted by Gasteiger charge is -2.16. The van der Waals surface area contributed by atoms with Gasteiger partial charge in [-0.1, -0.05) is 12.1 Å². The number of benzene rings is 1. The second-order valence-electron chi connectivity index (χ2n) is 3.38. The van der Waals surface area contributed by atoms with E-state index in [0.29, 0.717) is 0 Å². The van der Waals surface area contributed by atoms with Crippen molar-refractivity contribution in [3.8, 4) is 6.07 Å². The van der Waals surface area contributed by atoms with Gasteiger partial charge in [-0.15, -0.1) is 0 Å². The molecule has 1 rings (SSSR count). The third kappa shape index (κ3) is 2.76. The van der Waals surface area contributed by atoms with Crippen LogP contribution in [0.1, 0.15) is 23.7 Å². The van der Waals surface area contributed by atoms with Crippen molar-refractivity contribution in [1.82, 2.24) is 0 Å². The fourth-order valence-electron chi connectivity index (χ4n) is 1.30. The molecule has 0 amide bonds. The topological polar surface area (TPSA) is 84.5 Å². The maximum atomic E-state index is 13.2. The highest BCUT2D eigenvalue weighted by molar-refractivity contribution is 5.26. The summed E-state index contributed by atoms with van der Waals surface area (Å²) in [6.07, 6.45) is -2.78. The summed E-state index contributed by atoms with van der Waals surface area (Å²) in [5.74, 6) is -0.650. The molecule has 4 nitrogen and oxygen atoms in total. The smallest absolute Gasteiger partial charge is 0.129 e. The van der Waals surface area contributed by atoms with Crippen LogP contribution in [0.3, 0.4) is 0 Å². The maximum Gasteiger partial charge on any atom is 0.129 e. The molecule has 86 valence electrons. The fourth-order valence-corrected chi connectivity index (χ4v) is 1.30. The Morgan fingerprint density at radius 1 is 1.38 bits per heavy atom. The highest BCUT2D eigenvalue weighted by atomic mass is 19.1. The van der Waals surface area contributed by atoms with Crippen LogP contribution in [0, 0.1) is 17.1 Å². The highest BCUT2D eigenvalue weighted by Crippen LogP contribution is 2.21. The number of aliphatic hydroxyl groups excluding tert-OH is 3. The zero-order valence-electron chi connectivity index (χ0n) is 8.47. The Morgan fingerprint density at radius 2 is 2.06 bits per heavy atom. The van der Waals surface area contributed by atoms with Crippen molar-refractivity contribution in [1.29, 1.82) is 5.26 Å². The molecule has 0 bridgehead atoms. The Labute approximate surface area is 92.2 Å². The molecule has 0 fully saturated rings. The lowest BCUT2D eigenvalue weighted by atomic mass is 10.0. The van der Waals surface area contributed by atoms with Crippen molar-refractivity contribution in [2.75, 3.05) is 0 Å².